The first kappa shape index (κ1) is 57.3. The average Bonchev–Trinajstić information content (AvgIpc) is 4.58. The van der Waals surface area contributed by atoms with Crippen LogP contribution in [0, 0.1) is 23.3 Å². The number of benzene rings is 4. The molecule has 0 bridgehead atoms. The van der Waals surface area contributed by atoms with Crippen molar-refractivity contribution in [3.8, 4) is 11.1 Å². The number of fused-ring (bicyclic) bond motifs is 2. The third-order valence-corrected chi connectivity index (χ3v) is 14.8. The molecule has 12 rings (SSSR count). The Hall–Kier alpha value is -7.96. The van der Waals surface area contributed by atoms with Gasteiger partial charge >= 0.3 is 7.12 Å². The molecule has 2 saturated carbocycles. The summed E-state index contributed by atoms with van der Waals surface area (Å²) in [6.45, 7) is 0. The zero-order valence-corrected chi connectivity index (χ0v) is 46.4. The number of rotatable bonds is 10. The predicted octanol–water partition coefficient (Wildman–Crippen LogP) is 11.4. The van der Waals surface area contributed by atoms with Crippen LogP contribution in [0.15, 0.2) is 127 Å². The number of pyridine rings is 2. The second kappa shape index (κ2) is 23.5. The van der Waals surface area contributed by atoms with E-state index >= 15 is 0 Å². The van der Waals surface area contributed by atoms with E-state index in [1.54, 1.807) is 30.6 Å². The van der Waals surface area contributed by atoms with Crippen molar-refractivity contribution >= 4 is 132 Å². The summed E-state index contributed by atoms with van der Waals surface area (Å²) in [5, 5.41) is 18.2. The lowest BCUT2D eigenvalue weighted by molar-refractivity contribution is 0.0955. The molecule has 2 fully saturated rings. The maximum absolute atomic E-state index is 14.9. The van der Waals surface area contributed by atoms with Gasteiger partial charge in [0.25, 0.3) is 11.8 Å². The minimum atomic E-state index is -1.46. The summed E-state index contributed by atoms with van der Waals surface area (Å²) in [5.41, 5.74) is 9.94. The lowest BCUT2D eigenvalue weighted by Crippen LogP contribution is -2.30. The monoisotopic (exact) mass is 1250 g/mol. The number of hydrogen-bond acceptors (Lipinski definition) is 14. The predicted molar refractivity (Wildman–Crippen MR) is 305 cm³/mol. The van der Waals surface area contributed by atoms with E-state index < -0.39 is 70.6 Å². The molecule has 2 aliphatic carbocycles. The molecule has 6 aromatic heterocycles. The highest BCUT2D eigenvalue weighted by Gasteiger charge is 2.32. The lowest BCUT2D eigenvalue weighted by Gasteiger charge is -2.08. The number of carbonyl (C=O) groups excluding carboxylic acids is 4. The first-order valence-corrected chi connectivity index (χ1v) is 26.7. The van der Waals surface area contributed by atoms with Crippen LogP contribution in [-0.2, 0) is 0 Å². The second-order valence-corrected chi connectivity index (χ2v) is 21.2. The first-order chi connectivity index (χ1) is 39.2. The molecule has 6 N–H and O–H groups in total. The minimum Gasteiger partial charge on any atom is -0.423 e. The summed E-state index contributed by atoms with van der Waals surface area (Å²) in [5.74, 6) is -5.47. The summed E-state index contributed by atoms with van der Waals surface area (Å²) < 4.78 is 61.0. The normalized spacial score (nSPS) is 12.8. The average molecular weight is 1250 g/mol. The van der Waals surface area contributed by atoms with Crippen LogP contribution in [0.2, 0.25) is 20.1 Å². The van der Waals surface area contributed by atoms with Gasteiger partial charge in [0.2, 0.25) is 11.6 Å². The molecule has 0 spiro atoms. The number of hydrogen-bond donors (Lipinski definition) is 4. The highest BCUT2D eigenvalue weighted by Crippen LogP contribution is 2.39. The van der Waals surface area contributed by atoms with Crippen molar-refractivity contribution in [2.24, 2.45) is 0 Å². The Kier molecular flexibility index (Phi) is 16.4. The molecule has 6 heterocycles. The number of nitrogens with zero attached hydrogens (tertiary/aromatic N) is 8. The van der Waals surface area contributed by atoms with Crippen molar-refractivity contribution in [2.75, 3.05) is 11.5 Å². The molecule has 82 heavy (non-hydrogen) atoms. The SMILES string of the molecule is Nc1ccc(F)c(C(=O)c2cn(C(=O)c3c(Cl)cccc3Cl)c3ncc(-c4cnc(C5CC5)nc4)cc23)c1F.Nc1ccc(F)c(C(=O)c2cn(C(=O)c3c(Cl)cccc3Cl)c3ncc(Br)cc23)c1F.OB(O)c1cnc(C2CC2)nc1. The summed E-state index contributed by atoms with van der Waals surface area (Å²) in [4.78, 5) is 79.0. The van der Waals surface area contributed by atoms with E-state index in [2.05, 4.69) is 45.8 Å². The summed E-state index contributed by atoms with van der Waals surface area (Å²) in [7, 11) is -1.46. The topological polar surface area (TPSA) is 248 Å². The standard InChI is InChI=1S/C28H17Cl2F2N5O2.C21H10BrCl2F2N3O2.C7H9BN2O2/c29-18-2-1-3-19(30)22(18)28(39)37-12-17(25(38)23-20(31)6-7-21(33)24(23)32)16-8-14(9-36-27(16)37)15-10-34-26(35-11-15)13-4-5-13;22-9-6-10-11(19(30)17-14(25)4-5-15(27)18(17)26)8-29(20(10)28-7-9)21(31)16-12(23)2-1-3-13(16)24;11-8(12)6-3-9-7(10-4-6)5-1-2-5/h1-3,6-13H,4-5,33H2;1-8H,27H2;3-5,11-12H,1-2H2. The fraction of sp³-hybridized carbons (Fsp3) is 0.107. The third-order valence-electron chi connectivity index (χ3n) is 13.1. The van der Waals surface area contributed by atoms with Crippen molar-refractivity contribution < 1.29 is 46.8 Å². The van der Waals surface area contributed by atoms with Gasteiger partial charge in [-0.05, 0) is 102 Å². The molecule has 0 radical (unpaired) electrons. The van der Waals surface area contributed by atoms with Gasteiger partial charge in [-0.15, -0.1) is 0 Å². The Morgan fingerprint density at radius 1 is 0.537 bits per heavy atom. The third kappa shape index (κ3) is 11.5. The number of anilines is 2. The summed E-state index contributed by atoms with van der Waals surface area (Å²) >= 11 is 28.1. The van der Waals surface area contributed by atoms with Crippen molar-refractivity contribution in [1.82, 2.24) is 39.0 Å². The molecular weight excluding hydrogens is 1220 g/mol. The number of carbonyl (C=O) groups is 4. The zero-order valence-electron chi connectivity index (χ0n) is 41.8. The number of nitrogens with two attached hydrogens (primary N) is 2. The van der Waals surface area contributed by atoms with E-state index in [4.69, 9.17) is 67.9 Å². The Labute approximate surface area is 490 Å². The van der Waals surface area contributed by atoms with E-state index in [-0.39, 0.29) is 70.1 Å². The van der Waals surface area contributed by atoms with Crippen LogP contribution in [0.1, 0.15) is 102 Å². The maximum atomic E-state index is 14.9. The molecule has 0 amide bonds. The van der Waals surface area contributed by atoms with E-state index in [0.717, 1.165) is 76.9 Å². The van der Waals surface area contributed by atoms with Crippen LogP contribution in [-0.4, -0.2) is 79.6 Å². The van der Waals surface area contributed by atoms with Gasteiger partial charge in [0, 0.05) is 93.2 Å². The molecule has 10 aromatic rings. The van der Waals surface area contributed by atoms with Gasteiger partial charge in [0.1, 0.15) is 34.6 Å². The van der Waals surface area contributed by atoms with Gasteiger partial charge in [0.05, 0.1) is 64.8 Å². The Bertz CT molecular complexity index is 4190. The molecule has 4 aromatic carbocycles. The van der Waals surface area contributed by atoms with E-state index in [9.17, 15) is 36.7 Å². The van der Waals surface area contributed by atoms with Gasteiger partial charge in [-0.1, -0.05) is 58.5 Å². The highest BCUT2D eigenvalue weighted by atomic mass is 79.9. The molecule has 26 heteroatoms. The van der Waals surface area contributed by atoms with Gasteiger partial charge in [-0.2, -0.15) is 0 Å². The molecular formula is C56H36BBrCl4F4N10O6. The molecule has 412 valence electrons. The molecule has 0 saturated heterocycles. The fourth-order valence-electron chi connectivity index (χ4n) is 8.56. The van der Waals surface area contributed by atoms with Crippen LogP contribution in [0.25, 0.3) is 33.2 Å². The number of aromatic nitrogens is 8. The van der Waals surface area contributed by atoms with Crippen molar-refractivity contribution in [3.63, 3.8) is 0 Å². The fourth-order valence-corrected chi connectivity index (χ4v) is 10.0. The van der Waals surface area contributed by atoms with Crippen LogP contribution < -0.4 is 16.9 Å². The minimum absolute atomic E-state index is 0.00670. The quantitative estimate of drug-likeness (QED) is 0.0430. The highest BCUT2D eigenvalue weighted by molar-refractivity contribution is 9.10. The maximum Gasteiger partial charge on any atom is 0.491 e. The smallest absolute Gasteiger partial charge is 0.423 e. The second-order valence-electron chi connectivity index (χ2n) is 18.7. The largest absolute Gasteiger partial charge is 0.491 e. The zero-order chi connectivity index (χ0) is 58.4. The lowest BCUT2D eigenvalue weighted by atomic mass is 9.83. The summed E-state index contributed by atoms with van der Waals surface area (Å²) in [6, 6.07) is 16.1. The molecule has 2 aliphatic rings. The van der Waals surface area contributed by atoms with Crippen LogP contribution in [0.5, 0.6) is 0 Å². The number of ketones is 2. The molecule has 0 unspecified atom stereocenters. The number of halogens is 9. The Balaban J connectivity index is 0.000000155. The van der Waals surface area contributed by atoms with E-state index in [1.165, 1.54) is 61.3 Å². The Morgan fingerprint density at radius 2 is 0.927 bits per heavy atom. The van der Waals surface area contributed by atoms with Crippen LogP contribution in [0.4, 0.5) is 28.9 Å². The summed E-state index contributed by atoms with van der Waals surface area (Å²) in [6.07, 6.45) is 15.8. The molecule has 16 nitrogen and oxygen atoms in total. The molecule has 0 aliphatic heterocycles. The van der Waals surface area contributed by atoms with Crippen LogP contribution in [0.3, 0.4) is 0 Å². The van der Waals surface area contributed by atoms with Gasteiger partial charge in [-0.3, -0.25) is 28.3 Å². The van der Waals surface area contributed by atoms with E-state index in [1.807, 2.05) is 0 Å². The van der Waals surface area contributed by atoms with Crippen molar-refractivity contribution in [1.29, 1.82) is 0 Å². The van der Waals surface area contributed by atoms with Crippen LogP contribution >= 0.6 is 62.3 Å². The van der Waals surface area contributed by atoms with Gasteiger partial charge < -0.3 is 21.5 Å². The first-order valence-electron chi connectivity index (χ1n) is 24.4. The van der Waals surface area contributed by atoms with E-state index in [0.29, 0.717) is 32.9 Å². The molecule has 0 atom stereocenters. The van der Waals surface area contributed by atoms with Crippen molar-refractivity contribution in [3.05, 3.63) is 215 Å². The van der Waals surface area contributed by atoms with Gasteiger partial charge in [-0.25, -0.2) is 47.5 Å². The Morgan fingerprint density at radius 3 is 1.34 bits per heavy atom. The number of nitrogen functional groups attached to an aromatic ring is 2. The van der Waals surface area contributed by atoms with Crippen molar-refractivity contribution in [2.45, 2.75) is 37.5 Å². The van der Waals surface area contributed by atoms with Gasteiger partial charge in [0.15, 0.2) is 11.6 Å².